The molecule has 0 amide bonds. The van der Waals surface area contributed by atoms with Crippen LogP contribution in [-0.2, 0) is 11.2 Å². The van der Waals surface area contributed by atoms with Gasteiger partial charge in [-0.3, -0.25) is 4.79 Å². The van der Waals surface area contributed by atoms with Gasteiger partial charge in [-0.05, 0) is 56.1 Å². The van der Waals surface area contributed by atoms with Gasteiger partial charge in [0.1, 0.15) is 0 Å². The molecule has 0 heterocycles. The highest BCUT2D eigenvalue weighted by Crippen LogP contribution is 2.40. The zero-order valence-electron chi connectivity index (χ0n) is 10.6. The zero-order valence-corrected chi connectivity index (χ0v) is 10.6. The second-order valence-corrected chi connectivity index (χ2v) is 5.33. The molecule has 1 N–H and O–H groups in total. The number of rotatable bonds is 5. The summed E-state index contributed by atoms with van der Waals surface area (Å²) in [7, 11) is 0. The monoisotopic (exact) mass is 232 g/mol. The average molecular weight is 232 g/mol. The third-order valence-corrected chi connectivity index (χ3v) is 3.71. The van der Waals surface area contributed by atoms with Crippen molar-refractivity contribution in [3.63, 3.8) is 0 Å². The molecule has 1 unspecified atom stereocenters. The number of carboxylic acids is 1. The Labute approximate surface area is 103 Å². The smallest absolute Gasteiger partial charge is 0.303 e. The van der Waals surface area contributed by atoms with E-state index < -0.39 is 5.97 Å². The topological polar surface area (TPSA) is 37.3 Å². The minimum Gasteiger partial charge on any atom is -0.481 e. The molecule has 1 atom stereocenters. The number of aliphatic carboxylic acids is 1. The van der Waals surface area contributed by atoms with Gasteiger partial charge in [0.25, 0.3) is 0 Å². The van der Waals surface area contributed by atoms with Crippen LogP contribution in [0.5, 0.6) is 0 Å². The van der Waals surface area contributed by atoms with Crippen molar-refractivity contribution in [1.29, 1.82) is 0 Å². The molecule has 0 bridgehead atoms. The second-order valence-electron chi connectivity index (χ2n) is 5.33. The van der Waals surface area contributed by atoms with Gasteiger partial charge in [-0.25, -0.2) is 0 Å². The fourth-order valence-corrected chi connectivity index (χ4v) is 2.50. The van der Waals surface area contributed by atoms with E-state index in [1.807, 2.05) is 0 Å². The fraction of sp³-hybridized carbons (Fsp3) is 0.533. The minimum atomic E-state index is -0.660. The molecule has 17 heavy (non-hydrogen) atoms. The van der Waals surface area contributed by atoms with Gasteiger partial charge in [0, 0.05) is 6.42 Å². The van der Waals surface area contributed by atoms with Crippen molar-refractivity contribution in [3.05, 3.63) is 34.9 Å². The lowest BCUT2D eigenvalue weighted by Crippen LogP contribution is -2.13. The van der Waals surface area contributed by atoms with Crippen LogP contribution in [0, 0.1) is 25.7 Å². The summed E-state index contributed by atoms with van der Waals surface area (Å²) in [5, 5.41) is 8.96. The normalized spacial score (nSPS) is 16.8. The van der Waals surface area contributed by atoms with Crippen molar-refractivity contribution in [3.8, 4) is 0 Å². The lowest BCUT2D eigenvalue weighted by molar-refractivity contribution is -0.138. The molecule has 0 saturated heterocycles. The summed E-state index contributed by atoms with van der Waals surface area (Å²) in [5.41, 5.74) is 3.87. The van der Waals surface area contributed by atoms with Crippen molar-refractivity contribution >= 4 is 5.97 Å². The molecule has 0 aliphatic heterocycles. The molecular weight excluding hydrogens is 212 g/mol. The standard InChI is InChI=1S/C15H20O2/c1-10-3-4-11(2)13(7-10)8-14(9-15(16)17)12-5-6-12/h3-4,7,12,14H,5-6,8-9H2,1-2H3,(H,16,17). The molecule has 2 rings (SSSR count). The van der Waals surface area contributed by atoms with Crippen molar-refractivity contribution in [1.82, 2.24) is 0 Å². The van der Waals surface area contributed by atoms with E-state index in [0.29, 0.717) is 18.3 Å². The van der Waals surface area contributed by atoms with E-state index in [0.717, 1.165) is 6.42 Å². The number of hydrogen-bond donors (Lipinski definition) is 1. The molecule has 1 aliphatic rings. The van der Waals surface area contributed by atoms with E-state index in [1.54, 1.807) is 0 Å². The van der Waals surface area contributed by atoms with Gasteiger partial charge in [0.2, 0.25) is 0 Å². The van der Waals surface area contributed by atoms with Gasteiger partial charge in [-0.15, -0.1) is 0 Å². The molecule has 2 nitrogen and oxygen atoms in total. The summed E-state index contributed by atoms with van der Waals surface area (Å²) in [5.74, 6) is 0.311. The Balaban J connectivity index is 2.10. The Bertz CT molecular complexity index is 419. The molecule has 0 spiro atoms. The number of benzene rings is 1. The summed E-state index contributed by atoms with van der Waals surface area (Å²) >= 11 is 0. The largest absolute Gasteiger partial charge is 0.481 e. The molecule has 1 fully saturated rings. The van der Waals surface area contributed by atoms with Crippen molar-refractivity contribution < 1.29 is 9.90 Å². The SMILES string of the molecule is Cc1ccc(C)c(CC(CC(=O)O)C2CC2)c1. The first kappa shape index (κ1) is 12.2. The highest BCUT2D eigenvalue weighted by molar-refractivity contribution is 5.67. The maximum absolute atomic E-state index is 10.9. The highest BCUT2D eigenvalue weighted by atomic mass is 16.4. The molecule has 1 aromatic rings. The van der Waals surface area contributed by atoms with Crippen LogP contribution in [0.1, 0.15) is 36.0 Å². The Hall–Kier alpha value is -1.31. The Kier molecular flexibility index (Phi) is 3.51. The van der Waals surface area contributed by atoms with Crippen LogP contribution in [0.4, 0.5) is 0 Å². The first-order chi connectivity index (χ1) is 8.06. The summed E-state index contributed by atoms with van der Waals surface area (Å²) in [6, 6.07) is 6.45. The predicted molar refractivity (Wildman–Crippen MR) is 68.1 cm³/mol. The molecule has 92 valence electrons. The van der Waals surface area contributed by atoms with Crippen LogP contribution in [0.3, 0.4) is 0 Å². The number of carboxylic acid groups (broad SMARTS) is 1. The summed E-state index contributed by atoms with van der Waals surface area (Å²) in [4.78, 5) is 10.9. The van der Waals surface area contributed by atoms with Gasteiger partial charge in [0.15, 0.2) is 0 Å². The summed E-state index contributed by atoms with van der Waals surface area (Å²) < 4.78 is 0. The lowest BCUT2D eigenvalue weighted by atomic mass is 9.89. The summed E-state index contributed by atoms with van der Waals surface area (Å²) in [6.45, 7) is 4.20. The number of hydrogen-bond acceptors (Lipinski definition) is 1. The number of carbonyl (C=O) groups is 1. The Morgan fingerprint density at radius 2 is 2.12 bits per heavy atom. The van der Waals surface area contributed by atoms with Gasteiger partial charge in [0.05, 0.1) is 0 Å². The molecular formula is C15H20O2. The van der Waals surface area contributed by atoms with Gasteiger partial charge >= 0.3 is 5.97 Å². The zero-order chi connectivity index (χ0) is 12.4. The quantitative estimate of drug-likeness (QED) is 0.845. The van der Waals surface area contributed by atoms with Crippen molar-refractivity contribution in [2.45, 2.75) is 39.5 Å². The van der Waals surface area contributed by atoms with E-state index in [1.165, 1.54) is 29.5 Å². The third-order valence-electron chi connectivity index (χ3n) is 3.71. The van der Waals surface area contributed by atoms with E-state index in [2.05, 4.69) is 32.0 Å². The maximum atomic E-state index is 10.9. The molecule has 0 aromatic heterocycles. The van der Waals surface area contributed by atoms with Gasteiger partial charge in [-0.2, -0.15) is 0 Å². The van der Waals surface area contributed by atoms with Gasteiger partial charge < -0.3 is 5.11 Å². The van der Waals surface area contributed by atoms with Crippen LogP contribution in [0.2, 0.25) is 0 Å². The van der Waals surface area contributed by atoms with Crippen LogP contribution < -0.4 is 0 Å². The average Bonchev–Trinajstić information content (AvgIpc) is 3.05. The maximum Gasteiger partial charge on any atom is 0.303 e. The Morgan fingerprint density at radius 1 is 1.41 bits per heavy atom. The molecule has 2 heteroatoms. The molecule has 1 aromatic carbocycles. The minimum absolute atomic E-state index is 0.318. The summed E-state index contributed by atoms with van der Waals surface area (Å²) in [6.07, 6.45) is 3.66. The van der Waals surface area contributed by atoms with Crippen LogP contribution in [0.25, 0.3) is 0 Å². The fourth-order valence-electron chi connectivity index (χ4n) is 2.50. The molecule has 0 radical (unpaired) electrons. The van der Waals surface area contributed by atoms with Gasteiger partial charge in [-0.1, -0.05) is 23.8 Å². The van der Waals surface area contributed by atoms with E-state index in [-0.39, 0.29) is 0 Å². The van der Waals surface area contributed by atoms with E-state index in [9.17, 15) is 4.79 Å². The predicted octanol–water partition coefficient (Wildman–Crippen LogP) is 3.35. The van der Waals surface area contributed by atoms with Crippen molar-refractivity contribution in [2.75, 3.05) is 0 Å². The third kappa shape index (κ3) is 3.32. The van der Waals surface area contributed by atoms with Crippen molar-refractivity contribution in [2.24, 2.45) is 11.8 Å². The second kappa shape index (κ2) is 4.91. The first-order valence-electron chi connectivity index (χ1n) is 6.34. The van der Waals surface area contributed by atoms with E-state index in [4.69, 9.17) is 5.11 Å². The highest BCUT2D eigenvalue weighted by Gasteiger charge is 2.32. The van der Waals surface area contributed by atoms with Crippen LogP contribution in [-0.4, -0.2) is 11.1 Å². The lowest BCUT2D eigenvalue weighted by Gasteiger charge is -2.16. The Morgan fingerprint density at radius 3 is 2.71 bits per heavy atom. The first-order valence-corrected chi connectivity index (χ1v) is 6.34. The van der Waals surface area contributed by atoms with Crippen LogP contribution in [0.15, 0.2) is 18.2 Å². The number of aryl methyl sites for hydroxylation is 2. The molecule has 1 saturated carbocycles. The molecule has 1 aliphatic carbocycles. The van der Waals surface area contributed by atoms with Crippen LogP contribution >= 0.6 is 0 Å². The van der Waals surface area contributed by atoms with E-state index >= 15 is 0 Å².